The molecule has 0 aliphatic carbocycles. The molecule has 0 fully saturated rings. The van der Waals surface area contributed by atoms with E-state index >= 15 is 0 Å². The van der Waals surface area contributed by atoms with Gasteiger partial charge in [0.25, 0.3) is 0 Å². The molecule has 17 heavy (non-hydrogen) atoms. The van der Waals surface area contributed by atoms with E-state index in [4.69, 9.17) is 5.73 Å². The number of aromatic hydroxyl groups is 1. The van der Waals surface area contributed by atoms with Gasteiger partial charge in [-0.2, -0.15) is 5.10 Å². The van der Waals surface area contributed by atoms with Crippen LogP contribution >= 0.6 is 0 Å². The van der Waals surface area contributed by atoms with Gasteiger partial charge in [-0.15, -0.1) is 5.10 Å². The van der Waals surface area contributed by atoms with Gasteiger partial charge in [-0.05, 0) is 11.5 Å². The number of rotatable bonds is 2. The second-order valence-electron chi connectivity index (χ2n) is 4.27. The van der Waals surface area contributed by atoms with Gasteiger partial charge in [-0.1, -0.05) is 32.0 Å². The van der Waals surface area contributed by atoms with Crippen LogP contribution in [0.3, 0.4) is 0 Å². The molecule has 4 nitrogen and oxygen atoms in total. The zero-order chi connectivity index (χ0) is 12.4. The summed E-state index contributed by atoms with van der Waals surface area (Å²) in [5.74, 6) is 0.259. The van der Waals surface area contributed by atoms with Crippen molar-refractivity contribution in [2.75, 3.05) is 5.73 Å². The Morgan fingerprint density at radius 1 is 1.29 bits per heavy atom. The predicted molar refractivity (Wildman–Crippen MR) is 67.6 cm³/mol. The summed E-state index contributed by atoms with van der Waals surface area (Å²) < 4.78 is 0. The molecule has 0 aliphatic rings. The summed E-state index contributed by atoms with van der Waals surface area (Å²) in [4.78, 5) is 0. The fourth-order valence-corrected chi connectivity index (χ4v) is 1.84. The van der Waals surface area contributed by atoms with Crippen LogP contribution in [0, 0.1) is 0 Å². The fourth-order valence-electron chi connectivity index (χ4n) is 1.84. The molecule has 0 aliphatic heterocycles. The molecule has 1 aromatic carbocycles. The molecule has 0 radical (unpaired) electrons. The van der Waals surface area contributed by atoms with Crippen LogP contribution in [0.15, 0.2) is 30.5 Å². The molecule has 1 heterocycles. The highest BCUT2D eigenvalue weighted by Crippen LogP contribution is 2.32. The van der Waals surface area contributed by atoms with Crippen molar-refractivity contribution in [1.29, 1.82) is 0 Å². The standard InChI is InChI=1S/C13H15N3O/c1-8(2)10-4-3-5-11(13(10)14)9-6-12(17)16-15-7-9/h3-8H,14H2,1-2H3,(H,16,17). The molecule has 0 atom stereocenters. The number of hydrogen-bond acceptors (Lipinski definition) is 4. The molecule has 0 unspecified atom stereocenters. The van der Waals surface area contributed by atoms with E-state index in [0.29, 0.717) is 5.92 Å². The number of nitrogen functional groups attached to an aromatic ring is 1. The SMILES string of the molecule is CC(C)c1cccc(-c2cnnc(O)c2)c1N. The first-order valence-electron chi connectivity index (χ1n) is 5.50. The smallest absolute Gasteiger partial charge is 0.231 e. The molecule has 0 saturated carbocycles. The van der Waals surface area contributed by atoms with Gasteiger partial charge in [-0.25, -0.2) is 0 Å². The molecule has 88 valence electrons. The van der Waals surface area contributed by atoms with Crippen molar-refractivity contribution in [3.63, 3.8) is 0 Å². The molecule has 2 rings (SSSR count). The number of para-hydroxylation sites is 1. The summed E-state index contributed by atoms with van der Waals surface area (Å²) in [6.07, 6.45) is 1.59. The van der Waals surface area contributed by atoms with Crippen LogP contribution in [-0.4, -0.2) is 15.3 Å². The molecule has 4 heteroatoms. The van der Waals surface area contributed by atoms with Crippen molar-refractivity contribution in [2.24, 2.45) is 0 Å². The molecule has 0 spiro atoms. The van der Waals surface area contributed by atoms with Crippen molar-refractivity contribution in [2.45, 2.75) is 19.8 Å². The van der Waals surface area contributed by atoms with Crippen molar-refractivity contribution in [1.82, 2.24) is 10.2 Å². The number of anilines is 1. The summed E-state index contributed by atoms with van der Waals surface area (Å²) in [6, 6.07) is 7.44. The first kappa shape index (κ1) is 11.4. The first-order valence-corrected chi connectivity index (χ1v) is 5.50. The van der Waals surface area contributed by atoms with Crippen LogP contribution in [0.5, 0.6) is 5.88 Å². The van der Waals surface area contributed by atoms with E-state index in [0.717, 1.165) is 22.4 Å². The fraction of sp³-hybridized carbons (Fsp3) is 0.231. The van der Waals surface area contributed by atoms with Gasteiger partial charge >= 0.3 is 0 Å². The number of hydrogen-bond donors (Lipinski definition) is 2. The van der Waals surface area contributed by atoms with Gasteiger partial charge in [0.15, 0.2) is 0 Å². The van der Waals surface area contributed by atoms with E-state index in [-0.39, 0.29) is 5.88 Å². The number of aromatic nitrogens is 2. The first-order chi connectivity index (χ1) is 8.09. The van der Waals surface area contributed by atoms with Gasteiger partial charge in [0.2, 0.25) is 5.88 Å². The Hall–Kier alpha value is -2.10. The number of nitrogens with zero attached hydrogens (tertiary/aromatic N) is 2. The Balaban J connectivity index is 2.57. The molecule has 0 amide bonds. The van der Waals surface area contributed by atoms with Crippen LogP contribution < -0.4 is 5.73 Å². The Morgan fingerprint density at radius 2 is 2.06 bits per heavy atom. The largest absolute Gasteiger partial charge is 0.492 e. The Bertz CT molecular complexity index is 538. The lowest BCUT2D eigenvalue weighted by Gasteiger charge is -2.13. The van der Waals surface area contributed by atoms with Crippen LogP contribution in [0.1, 0.15) is 25.3 Å². The van der Waals surface area contributed by atoms with Crippen LogP contribution in [-0.2, 0) is 0 Å². The van der Waals surface area contributed by atoms with E-state index in [9.17, 15) is 5.11 Å². The highest BCUT2D eigenvalue weighted by molar-refractivity contribution is 5.78. The van der Waals surface area contributed by atoms with Gasteiger partial charge in [0, 0.05) is 22.9 Å². The number of benzene rings is 1. The molecular weight excluding hydrogens is 214 g/mol. The van der Waals surface area contributed by atoms with Gasteiger partial charge in [0.1, 0.15) is 0 Å². The van der Waals surface area contributed by atoms with E-state index in [1.165, 1.54) is 0 Å². The summed E-state index contributed by atoms with van der Waals surface area (Å²) in [5, 5.41) is 16.6. The minimum absolute atomic E-state index is 0.100. The van der Waals surface area contributed by atoms with E-state index in [1.54, 1.807) is 12.3 Å². The van der Waals surface area contributed by atoms with Gasteiger partial charge in [-0.3, -0.25) is 0 Å². The topological polar surface area (TPSA) is 72.0 Å². The molecule has 3 N–H and O–H groups in total. The van der Waals surface area contributed by atoms with E-state index in [2.05, 4.69) is 24.0 Å². The lowest BCUT2D eigenvalue weighted by molar-refractivity contribution is 0.445. The Labute approximate surface area is 100 Å². The van der Waals surface area contributed by atoms with Gasteiger partial charge in [0.05, 0.1) is 6.20 Å². The van der Waals surface area contributed by atoms with Crippen LogP contribution in [0.4, 0.5) is 5.69 Å². The Morgan fingerprint density at radius 3 is 2.71 bits per heavy atom. The maximum Gasteiger partial charge on any atom is 0.231 e. The maximum absolute atomic E-state index is 9.33. The molecule has 0 bridgehead atoms. The maximum atomic E-state index is 9.33. The zero-order valence-electron chi connectivity index (χ0n) is 9.88. The van der Waals surface area contributed by atoms with Crippen molar-refractivity contribution in [3.8, 4) is 17.0 Å². The summed E-state index contributed by atoms with van der Waals surface area (Å²) in [6.45, 7) is 4.19. The van der Waals surface area contributed by atoms with E-state index < -0.39 is 0 Å². The Kier molecular flexibility index (Phi) is 2.95. The normalized spacial score (nSPS) is 10.8. The van der Waals surface area contributed by atoms with Crippen molar-refractivity contribution >= 4 is 5.69 Å². The highest BCUT2D eigenvalue weighted by Gasteiger charge is 2.10. The molecular formula is C13H15N3O. The van der Waals surface area contributed by atoms with E-state index in [1.807, 2.05) is 18.2 Å². The van der Waals surface area contributed by atoms with Gasteiger partial charge < -0.3 is 10.8 Å². The molecule has 2 aromatic rings. The lowest BCUT2D eigenvalue weighted by Crippen LogP contribution is -1.99. The van der Waals surface area contributed by atoms with Crippen LogP contribution in [0.25, 0.3) is 11.1 Å². The van der Waals surface area contributed by atoms with Crippen molar-refractivity contribution < 1.29 is 5.11 Å². The predicted octanol–water partition coefficient (Wildman–Crippen LogP) is 2.55. The molecule has 0 saturated heterocycles. The highest BCUT2D eigenvalue weighted by atomic mass is 16.3. The minimum Gasteiger partial charge on any atom is -0.492 e. The second-order valence-corrected chi connectivity index (χ2v) is 4.27. The number of nitrogens with two attached hydrogens (primary N) is 1. The minimum atomic E-state index is -0.100. The quantitative estimate of drug-likeness (QED) is 0.776. The lowest BCUT2D eigenvalue weighted by atomic mass is 9.95. The second kappa shape index (κ2) is 4.41. The van der Waals surface area contributed by atoms with Crippen LogP contribution in [0.2, 0.25) is 0 Å². The monoisotopic (exact) mass is 229 g/mol. The van der Waals surface area contributed by atoms with Crippen molar-refractivity contribution in [3.05, 3.63) is 36.0 Å². The molecule has 1 aromatic heterocycles. The average Bonchev–Trinajstić information content (AvgIpc) is 2.29. The third-order valence-electron chi connectivity index (χ3n) is 2.71. The summed E-state index contributed by atoms with van der Waals surface area (Å²) in [5.41, 5.74) is 9.62. The summed E-state index contributed by atoms with van der Waals surface area (Å²) >= 11 is 0. The third-order valence-corrected chi connectivity index (χ3v) is 2.71. The average molecular weight is 229 g/mol. The zero-order valence-corrected chi connectivity index (χ0v) is 9.88. The third kappa shape index (κ3) is 2.20. The summed E-state index contributed by atoms with van der Waals surface area (Å²) in [7, 11) is 0.